The number of hydrogen-bond acceptors (Lipinski definition) is 5. The second-order valence-corrected chi connectivity index (χ2v) is 6.00. The monoisotopic (exact) mass is 318 g/mol. The molecule has 1 N–H and O–H groups in total. The Morgan fingerprint density at radius 3 is 2.32 bits per heavy atom. The van der Waals surface area contributed by atoms with Crippen LogP contribution in [-0.2, 0) is 10.0 Å². The van der Waals surface area contributed by atoms with E-state index in [1.165, 1.54) is 6.20 Å². The van der Waals surface area contributed by atoms with Gasteiger partial charge < -0.3 is 0 Å². The fraction of sp³-hybridized carbons (Fsp3) is 0.100. The van der Waals surface area contributed by atoms with Gasteiger partial charge in [0.1, 0.15) is 10.0 Å². The molecule has 2 rings (SSSR count). The van der Waals surface area contributed by atoms with Gasteiger partial charge in [-0.05, 0) is 30.2 Å². The summed E-state index contributed by atoms with van der Waals surface area (Å²) in [5.74, 6) is 0. The van der Waals surface area contributed by atoms with Gasteiger partial charge in [-0.15, -0.1) is 0 Å². The van der Waals surface area contributed by atoms with Gasteiger partial charge in [0.15, 0.2) is 0 Å². The third-order valence-electron chi connectivity index (χ3n) is 2.17. The molecule has 2 aromatic rings. The summed E-state index contributed by atoms with van der Waals surface area (Å²) in [6, 6.07) is 1.57. The smallest absolute Gasteiger partial charge is 0.265 e. The Balaban J connectivity index is 2.30. The van der Waals surface area contributed by atoms with E-state index in [9.17, 15) is 8.42 Å². The third-order valence-corrected chi connectivity index (χ3v) is 4.10. The molecule has 2 aromatic heterocycles. The average Bonchev–Trinajstić information content (AvgIpc) is 2.34. The molecule has 0 aliphatic heterocycles. The summed E-state index contributed by atoms with van der Waals surface area (Å²) in [6.45, 7) is 1.72. The summed E-state index contributed by atoms with van der Waals surface area (Å²) in [6.07, 6.45) is 3.56. The summed E-state index contributed by atoms with van der Waals surface area (Å²) >= 11 is 11.3. The van der Waals surface area contributed by atoms with Crippen molar-refractivity contribution in [2.45, 2.75) is 11.8 Å². The van der Waals surface area contributed by atoms with Crippen LogP contribution >= 0.6 is 23.2 Å². The van der Waals surface area contributed by atoms with E-state index in [1.54, 1.807) is 13.0 Å². The molecule has 0 radical (unpaired) electrons. The summed E-state index contributed by atoms with van der Waals surface area (Å²) < 4.78 is 26.4. The van der Waals surface area contributed by atoms with E-state index in [1.807, 2.05) is 0 Å². The molecule has 0 saturated heterocycles. The first-order valence-corrected chi connectivity index (χ1v) is 7.25. The molecular formula is C10H8Cl2N4O2S. The molecule has 0 atom stereocenters. The topological polar surface area (TPSA) is 84.8 Å². The van der Waals surface area contributed by atoms with Gasteiger partial charge >= 0.3 is 0 Å². The highest BCUT2D eigenvalue weighted by atomic mass is 35.5. The van der Waals surface area contributed by atoms with Gasteiger partial charge in [0.05, 0.1) is 24.3 Å². The highest BCUT2D eigenvalue weighted by molar-refractivity contribution is 7.92. The van der Waals surface area contributed by atoms with Crippen LogP contribution in [-0.4, -0.2) is 23.4 Å². The van der Waals surface area contributed by atoms with Crippen molar-refractivity contribution >= 4 is 38.9 Å². The van der Waals surface area contributed by atoms with Crippen LogP contribution in [0.4, 0.5) is 5.69 Å². The van der Waals surface area contributed by atoms with Crippen molar-refractivity contribution in [2.24, 2.45) is 0 Å². The maximum Gasteiger partial charge on any atom is 0.265 e. The lowest BCUT2D eigenvalue weighted by molar-refractivity contribution is 0.600. The molecular weight excluding hydrogens is 311 g/mol. The van der Waals surface area contributed by atoms with E-state index in [2.05, 4.69) is 19.7 Å². The molecule has 0 fully saturated rings. The minimum Gasteiger partial charge on any atom is -0.278 e. The quantitative estimate of drug-likeness (QED) is 0.693. The minimum absolute atomic E-state index is 0.0250. The number of rotatable bonds is 3. The lowest BCUT2D eigenvalue weighted by Gasteiger charge is -2.08. The van der Waals surface area contributed by atoms with E-state index < -0.39 is 10.0 Å². The molecule has 19 heavy (non-hydrogen) atoms. The van der Waals surface area contributed by atoms with Crippen LogP contribution in [0.3, 0.4) is 0 Å². The lowest BCUT2D eigenvalue weighted by atomic mass is 10.3. The summed E-state index contributed by atoms with van der Waals surface area (Å²) in [7, 11) is -3.78. The third kappa shape index (κ3) is 3.31. The van der Waals surface area contributed by atoms with E-state index in [4.69, 9.17) is 23.2 Å². The SMILES string of the molecule is Cc1cc(NS(=O)(=O)c2cnc(Cl)nc2)cnc1Cl. The molecule has 100 valence electrons. The Morgan fingerprint density at radius 2 is 1.74 bits per heavy atom. The van der Waals surface area contributed by atoms with Gasteiger partial charge in [0, 0.05) is 0 Å². The van der Waals surface area contributed by atoms with Gasteiger partial charge in [-0.2, -0.15) is 0 Å². The Morgan fingerprint density at radius 1 is 1.11 bits per heavy atom. The number of aromatic nitrogens is 3. The predicted molar refractivity (Wildman–Crippen MR) is 71.8 cm³/mol. The summed E-state index contributed by atoms with van der Waals surface area (Å²) in [5.41, 5.74) is 0.964. The fourth-order valence-corrected chi connectivity index (χ4v) is 2.39. The van der Waals surface area contributed by atoms with Crippen molar-refractivity contribution in [1.82, 2.24) is 15.0 Å². The van der Waals surface area contributed by atoms with E-state index >= 15 is 0 Å². The molecule has 9 heteroatoms. The first kappa shape index (κ1) is 14.0. The van der Waals surface area contributed by atoms with Gasteiger partial charge in [-0.25, -0.2) is 23.4 Å². The highest BCUT2D eigenvalue weighted by Crippen LogP contribution is 2.19. The van der Waals surface area contributed by atoms with E-state index in [-0.39, 0.29) is 10.2 Å². The van der Waals surface area contributed by atoms with Crippen LogP contribution in [0.2, 0.25) is 10.4 Å². The first-order chi connectivity index (χ1) is 8.88. The summed E-state index contributed by atoms with van der Waals surface area (Å²) in [5, 5.41) is 0.292. The van der Waals surface area contributed by atoms with E-state index in [0.717, 1.165) is 12.4 Å². The molecule has 0 spiro atoms. The van der Waals surface area contributed by atoms with Crippen molar-refractivity contribution in [3.63, 3.8) is 0 Å². The standard InChI is InChI=1S/C10H8Cl2N4O2S/c1-6-2-7(3-13-9(6)11)16-19(17,18)8-4-14-10(12)15-5-8/h2-5,16H,1H3. The highest BCUT2D eigenvalue weighted by Gasteiger charge is 2.15. The second-order valence-electron chi connectivity index (χ2n) is 3.62. The molecule has 0 saturated carbocycles. The normalized spacial score (nSPS) is 11.3. The van der Waals surface area contributed by atoms with Crippen LogP contribution in [0.1, 0.15) is 5.56 Å². The maximum atomic E-state index is 12.0. The van der Waals surface area contributed by atoms with Crippen LogP contribution in [0.25, 0.3) is 0 Å². The van der Waals surface area contributed by atoms with Crippen molar-refractivity contribution < 1.29 is 8.42 Å². The molecule has 0 aliphatic rings. The molecule has 0 aliphatic carbocycles. The number of anilines is 1. The van der Waals surface area contributed by atoms with Gasteiger partial charge in [-0.3, -0.25) is 4.72 Å². The minimum atomic E-state index is -3.78. The summed E-state index contributed by atoms with van der Waals surface area (Å²) in [4.78, 5) is 11.0. The first-order valence-electron chi connectivity index (χ1n) is 5.01. The predicted octanol–water partition coefficient (Wildman–Crippen LogP) is 2.29. The fourth-order valence-electron chi connectivity index (χ4n) is 1.27. The molecule has 0 unspecified atom stereocenters. The molecule has 0 bridgehead atoms. The van der Waals surface area contributed by atoms with Crippen LogP contribution in [0.15, 0.2) is 29.6 Å². The van der Waals surface area contributed by atoms with Crippen molar-refractivity contribution in [2.75, 3.05) is 4.72 Å². The number of halogens is 2. The zero-order chi connectivity index (χ0) is 14.0. The lowest BCUT2D eigenvalue weighted by Crippen LogP contribution is -2.14. The van der Waals surface area contributed by atoms with Gasteiger partial charge in [0.25, 0.3) is 10.0 Å². The molecule has 0 amide bonds. The number of aryl methyl sites for hydroxylation is 1. The number of pyridine rings is 1. The average molecular weight is 319 g/mol. The number of nitrogens with zero attached hydrogens (tertiary/aromatic N) is 3. The number of nitrogens with one attached hydrogen (secondary N) is 1. The largest absolute Gasteiger partial charge is 0.278 e. The van der Waals surface area contributed by atoms with Crippen molar-refractivity contribution in [3.05, 3.63) is 40.7 Å². The van der Waals surface area contributed by atoms with Crippen LogP contribution in [0, 0.1) is 6.92 Å². The maximum absolute atomic E-state index is 12.0. The second kappa shape index (κ2) is 5.28. The Labute approximate surface area is 119 Å². The van der Waals surface area contributed by atoms with Crippen molar-refractivity contribution in [3.8, 4) is 0 Å². The Kier molecular flexibility index (Phi) is 3.88. The van der Waals surface area contributed by atoms with Crippen LogP contribution in [0.5, 0.6) is 0 Å². The number of hydrogen-bond donors (Lipinski definition) is 1. The Hall–Kier alpha value is -1.44. The molecule has 0 aromatic carbocycles. The zero-order valence-corrected chi connectivity index (χ0v) is 12.0. The molecule has 2 heterocycles. The number of sulfonamides is 1. The zero-order valence-electron chi connectivity index (χ0n) is 9.63. The van der Waals surface area contributed by atoms with E-state index in [0.29, 0.717) is 16.4 Å². The van der Waals surface area contributed by atoms with Gasteiger partial charge in [-0.1, -0.05) is 11.6 Å². The van der Waals surface area contributed by atoms with Crippen LogP contribution < -0.4 is 4.72 Å². The van der Waals surface area contributed by atoms with Gasteiger partial charge in [0.2, 0.25) is 5.28 Å². The molecule has 6 nitrogen and oxygen atoms in total. The Bertz CT molecular complexity index is 704. The van der Waals surface area contributed by atoms with Crippen molar-refractivity contribution in [1.29, 1.82) is 0 Å².